The van der Waals surface area contributed by atoms with Gasteiger partial charge in [0.25, 0.3) is 0 Å². The number of rotatable bonds is 1. The second kappa shape index (κ2) is 4.49. The van der Waals surface area contributed by atoms with E-state index in [9.17, 15) is 14.7 Å². The van der Waals surface area contributed by atoms with Gasteiger partial charge in [-0.25, -0.2) is 4.79 Å². The predicted octanol–water partition coefficient (Wildman–Crippen LogP) is 2.42. The SMILES string of the molecule is O=C(O)c1ccc2c(c1)CCc1c(O)cccc1C2=O. The smallest absolute Gasteiger partial charge is 0.335 e. The Hall–Kier alpha value is -2.62. The van der Waals surface area contributed by atoms with Crippen LogP contribution in [0.25, 0.3) is 0 Å². The quantitative estimate of drug-likeness (QED) is 0.833. The minimum absolute atomic E-state index is 0.113. The summed E-state index contributed by atoms with van der Waals surface area (Å²) in [5, 5.41) is 18.9. The largest absolute Gasteiger partial charge is 0.508 e. The Morgan fingerprint density at radius 1 is 1.05 bits per heavy atom. The van der Waals surface area contributed by atoms with E-state index in [-0.39, 0.29) is 17.1 Å². The van der Waals surface area contributed by atoms with Crippen LogP contribution in [0.15, 0.2) is 36.4 Å². The molecule has 20 heavy (non-hydrogen) atoms. The first kappa shape index (κ1) is 12.4. The lowest BCUT2D eigenvalue weighted by Gasteiger charge is -2.06. The van der Waals surface area contributed by atoms with E-state index in [2.05, 4.69) is 0 Å². The zero-order valence-corrected chi connectivity index (χ0v) is 10.6. The molecule has 1 aliphatic rings. The van der Waals surface area contributed by atoms with Gasteiger partial charge in [-0.1, -0.05) is 12.1 Å². The molecule has 0 unspecified atom stereocenters. The number of carbonyl (C=O) groups excluding carboxylic acids is 1. The highest BCUT2D eigenvalue weighted by Gasteiger charge is 2.23. The van der Waals surface area contributed by atoms with Crippen molar-refractivity contribution in [2.45, 2.75) is 12.8 Å². The van der Waals surface area contributed by atoms with Crippen molar-refractivity contribution >= 4 is 11.8 Å². The third kappa shape index (κ3) is 1.86. The second-order valence-electron chi connectivity index (χ2n) is 4.81. The van der Waals surface area contributed by atoms with E-state index in [1.807, 2.05) is 0 Å². The molecule has 0 fully saturated rings. The summed E-state index contributed by atoms with van der Waals surface area (Å²) < 4.78 is 0. The van der Waals surface area contributed by atoms with E-state index >= 15 is 0 Å². The number of fused-ring (bicyclic) bond motifs is 2. The summed E-state index contributed by atoms with van der Waals surface area (Å²) in [7, 11) is 0. The van der Waals surface area contributed by atoms with Crippen molar-refractivity contribution in [1.29, 1.82) is 0 Å². The first-order valence-electron chi connectivity index (χ1n) is 6.29. The summed E-state index contributed by atoms with van der Waals surface area (Å²) in [5.74, 6) is -1.06. The lowest BCUT2D eigenvalue weighted by molar-refractivity contribution is 0.0696. The van der Waals surface area contributed by atoms with Gasteiger partial charge in [-0.05, 0) is 42.7 Å². The molecule has 0 atom stereocenters. The van der Waals surface area contributed by atoms with Crippen molar-refractivity contribution in [3.05, 3.63) is 64.2 Å². The lowest BCUT2D eigenvalue weighted by atomic mass is 9.97. The number of benzene rings is 2. The van der Waals surface area contributed by atoms with E-state index in [1.54, 1.807) is 30.3 Å². The normalized spacial score (nSPS) is 13.3. The Morgan fingerprint density at radius 3 is 2.60 bits per heavy atom. The number of ketones is 1. The van der Waals surface area contributed by atoms with Crippen molar-refractivity contribution in [2.24, 2.45) is 0 Å². The first-order valence-corrected chi connectivity index (χ1v) is 6.29. The maximum absolute atomic E-state index is 12.5. The van der Waals surface area contributed by atoms with Crippen LogP contribution < -0.4 is 0 Å². The Kier molecular flexibility index (Phi) is 2.79. The fourth-order valence-electron chi connectivity index (χ4n) is 2.61. The number of hydrogen-bond donors (Lipinski definition) is 2. The van der Waals surface area contributed by atoms with Gasteiger partial charge in [0, 0.05) is 16.7 Å². The van der Waals surface area contributed by atoms with Gasteiger partial charge in [0.15, 0.2) is 5.78 Å². The van der Waals surface area contributed by atoms with Gasteiger partial charge in [-0.2, -0.15) is 0 Å². The molecule has 0 heterocycles. The molecule has 3 rings (SSSR count). The highest BCUT2D eigenvalue weighted by atomic mass is 16.4. The van der Waals surface area contributed by atoms with Crippen LogP contribution in [0.5, 0.6) is 5.75 Å². The molecule has 0 saturated carbocycles. The van der Waals surface area contributed by atoms with Gasteiger partial charge in [0.1, 0.15) is 5.75 Å². The summed E-state index contributed by atoms with van der Waals surface area (Å²) in [6, 6.07) is 9.43. The Morgan fingerprint density at radius 2 is 1.85 bits per heavy atom. The second-order valence-corrected chi connectivity index (χ2v) is 4.81. The molecular formula is C16H12O4. The van der Waals surface area contributed by atoms with Crippen molar-refractivity contribution < 1.29 is 19.8 Å². The monoisotopic (exact) mass is 268 g/mol. The van der Waals surface area contributed by atoms with Gasteiger partial charge in [-0.15, -0.1) is 0 Å². The molecule has 4 heteroatoms. The van der Waals surface area contributed by atoms with Crippen LogP contribution in [0.2, 0.25) is 0 Å². The topological polar surface area (TPSA) is 74.6 Å². The van der Waals surface area contributed by atoms with E-state index in [4.69, 9.17) is 5.11 Å². The Labute approximate surface area is 115 Å². The summed E-state index contributed by atoms with van der Waals surface area (Å²) in [5.41, 5.74) is 2.52. The molecule has 100 valence electrons. The zero-order valence-electron chi connectivity index (χ0n) is 10.6. The van der Waals surface area contributed by atoms with Crippen LogP contribution in [-0.2, 0) is 12.8 Å². The average Bonchev–Trinajstić information content (AvgIpc) is 2.57. The minimum atomic E-state index is -1.01. The summed E-state index contributed by atoms with van der Waals surface area (Å²) in [6.07, 6.45) is 1.05. The molecule has 0 bridgehead atoms. The fourth-order valence-corrected chi connectivity index (χ4v) is 2.61. The maximum atomic E-state index is 12.5. The fraction of sp³-hybridized carbons (Fsp3) is 0.125. The molecule has 0 aromatic heterocycles. The molecular weight excluding hydrogens is 256 g/mol. The average molecular weight is 268 g/mol. The number of carbonyl (C=O) groups is 2. The van der Waals surface area contributed by atoms with Crippen molar-refractivity contribution in [2.75, 3.05) is 0 Å². The molecule has 0 aliphatic heterocycles. The number of aromatic hydroxyl groups is 1. The van der Waals surface area contributed by atoms with E-state index in [1.165, 1.54) is 6.07 Å². The molecule has 0 radical (unpaired) electrons. The Balaban J connectivity index is 2.16. The molecule has 2 aromatic rings. The summed E-state index contributed by atoms with van der Waals surface area (Å²) in [6.45, 7) is 0. The maximum Gasteiger partial charge on any atom is 0.335 e. The Bertz CT molecular complexity index is 731. The van der Waals surface area contributed by atoms with Gasteiger partial charge < -0.3 is 10.2 Å². The van der Waals surface area contributed by atoms with Crippen LogP contribution in [0.3, 0.4) is 0 Å². The van der Waals surface area contributed by atoms with Crippen molar-refractivity contribution in [3.8, 4) is 5.75 Å². The van der Waals surface area contributed by atoms with E-state index in [0.717, 1.165) is 0 Å². The van der Waals surface area contributed by atoms with Gasteiger partial charge in [0.05, 0.1) is 5.56 Å². The number of carboxylic acid groups (broad SMARTS) is 1. The summed E-state index contributed by atoms with van der Waals surface area (Å²) >= 11 is 0. The third-order valence-corrected chi connectivity index (χ3v) is 3.64. The number of hydrogen-bond acceptors (Lipinski definition) is 3. The molecule has 4 nitrogen and oxygen atoms in total. The molecule has 2 aromatic carbocycles. The minimum Gasteiger partial charge on any atom is -0.508 e. The van der Waals surface area contributed by atoms with Gasteiger partial charge in [0.2, 0.25) is 0 Å². The summed E-state index contributed by atoms with van der Waals surface area (Å²) in [4.78, 5) is 23.5. The number of aryl methyl sites for hydroxylation is 1. The van der Waals surface area contributed by atoms with Crippen LogP contribution in [0.1, 0.15) is 37.4 Å². The van der Waals surface area contributed by atoms with Crippen LogP contribution >= 0.6 is 0 Å². The third-order valence-electron chi connectivity index (χ3n) is 3.64. The lowest BCUT2D eigenvalue weighted by Crippen LogP contribution is -2.06. The molecule has 2 N–H and O–H groups in total. The van der Waals surface area contributed by atoms with Gasteiger partial charge in [-0.3, -0.25) is 4.79 Å². The van der Waals surface area contributed by atoms with Crippen LogP contribution in [0.4, 0.5) is 0 Å². The van der Waals surface area contributed by atoms with Crippen molar-refractivity contribution in [3.63, 3.8) is 0 Å². The number of phenolic OH excluding ortho intramolecular Hbond substituents is 1. The van der Waals surface area contributed by atoms with E-state index in [0.29, 0.717) is 35.1 Å². The van der Waals surface area contributed by atoms with Crippen molar-refractivity contribution in [1.82, 2.24) is 0 Å². The van der Waals surface area contributed by atoms with Gasteiger partial charge >= 0.3 is 5.97 Å². The zero-order chi connectivity index (χ0) is 14.3. The molecule has 0 saturated heterocycles. The highest BCUT2D eigenvalue weighted by molar-refractivity contribution is 6.12. The van der Waals surface area contributed by atoms with Crippen LogP contribution in [0, 0.1) is 0 Å². The predicted molar refractivity (Wildman–Crippen MR) is 72.3 cm³/mol. The number of phenols is 1. The number of aromatic carboxylic acids is 1. The highest BCUT2D eigenvalue weighted by Crippen LogP contribution is 2.30. The molecule has 1 aliphatic carbocycles. The van der Waals surface area contributed by atoms with Crippen LogP contribution in [-0.4, -0.2) is 22.0 Å². The standard InChI is InChI=1S/C16H12O4/c17-14-3-1-2-13-12(14)7-4-9-8-10(16(19)20)5-6-11(9)15(13)18/h1-3,5-6,8,17H,4,7H2,(H,19,20). The molecule has 0 amide bonds. The molecule has 0 spiro atoms. The first-order chi connectivity index (χ1) is 9.58. The van der Waals surface area contributed by atoms with E-state index < -0.39 is 5.97 Å². The number of carboxylic acids is 1.